The van der Waals surface area contributed by atoms with Crippen molar-refractivity contribution in [2.75, 3.05) is 21.3 Å². The first-order valence-electron chi connectivity index (χ1n) is 14.3. The maximum atomic E-state index is 15.5. The average Bonchev–Trinajstić information content (AvgIpc) is 3.06. The molecule has 4 aromatic rings. The summed E-state index contributed by atoms with van der Waals surface area (Å²) in [4.78, 5) is 25.4. The first-order chi connectivity index (χ1) is 23.7. The Hall–Kier alpha value is -4.99. The lowest BCUT2D eigenvalue weighted by Gasteiger charge is -2.25. The quantitative estimate of drug-likeness (QED) is 0.133. The minimum atomic E-state index is -5.22. The molecule has 0 aliphatic carbocycles. The van der Waals surface area contributed by atoms with Crippen LogP contribution < -0.4 is 4.74 Å². The third-order valence-electron chi connectivity index (χ3n) is 7.51. The number of hydrogen-bond acceptors (Lipinski definition) is 5. The van der Waals surface area contributed by atoms with Gasteiger partial charge in [-0.3, -0.25) is 4.90 Å². The van der Waals surface area contributed by atoms with Gasteiger partial charge < -0.3 is 14.2 Å². The fraction of sp³-hybridized carbons (Fsp3) is 0.235. The number of alkyl halides is 9. The van der Waals surface area contributed by atoms with Crippen molar-refractivity contribution in [3.05, 3.63) is 111 Å². The molecule has 0 radical (unpaired) electrons. The summed E-state index contributed by atoms with van der Waals surface area (Å²) in [5.74, 6) is -1.86. The molecule has 0 saturated carbocycles. The Morgan fingerprint density at radius 1 is 0.647 bits per heavy atom. The maximum Gasteiger partial charge on any atom is 0.416 e. The molecule has 4 aromatic carbocycles. The summed E-state index contributed by atoms with van der Waals surface area (Å²) in [7, 11) is 3.11. The smallest absolute Gasteiger partial charge is 0.416 e. The van der Waals surface area contributed by atoms with Crippen LogP contribution in [0.25, 0.3) is 22.3 Å². The number of rotatable bonds is 8. The molecule has 0 saturated heterocycles. The van der Waals surface area contributed by atoms with Crippen LogP contribution in [0.5, 0.6) is 5.75 Å². The van der Waals surface area contributed by atoms with Crippen molar-refractivity contribution in [2.24, 2.45) is 0 Å². The minimum absolute atomic E-state index is 0.0245. The van der Waals surface area contributed by atoms with Crippen LogP contribution in [0, 0.1) is 5.82 Å². The lowest BCUT2D eigenvalue weighted by atomic mass is 9.92. The van der Waals surface area contributed by atoms with Crippen molar-refractivity contribution >= 4 is 23.7 Å². The first-order valence-corrected chi connectivity index (χ1v) is 14.6. The van der Waals surface area contributed by atoms with Crippen molar-refractivity contribution in [1.82, 2.24) is 4.90 Å². The van der Waals surface area contributed by atoms with E-state index in [1.54, 1.807) is 0 Å². The number of esters is 1. The predicted molar refractivity (Wildman–Crippen MR) is 163 cm³/mol. The Morgan fingerprint density at radius 3 is 1.75 bits per heavy atom. The second-order valence-corrected chi connectivity index (χ2v) is 11.2. The second-order valence-electron chi connectivity index (χ2n) is 10.8. The lowest BCUT2D eigenvalue weighted by Crippen LogP contribution is -2.30. The van der Waals surface area contributed by atoms with Gasteiger partial charge in [0.1, 0.15) is 11.6 Å². The van der Waals surface area contributed by atoms with Crippen molar-refractivity contribution in [3.8, 4) is 28.0 Å². The standard InChI is InChI=1S/C34H24ClF10NO5/c1-49-29-14-28(36)25(24-6-4-18(11-27(24)35)30(47)50-2)13-26(29)23-7-5-20(32(37,38)39)10-19(23)16-46(31(48)51-3)15-17-8-21(33(40,41)42)12-22(9-17)34(43,44)45/h4-14H,15-16H2,1-3H3. The molecular formula is C34H24ClF10NO5. The molecule has 0 heterocycles. The van der Waals surface area contributed by atoms with Crippen molar-refractivity contribution < 1.29 is 67.7 Å². The molecule has 1 amide bonds. The summed E-state index contributed by atoms with van der Waals surface area (Å²) in [5, 5.41) is -0.114. The summed E-state index contributed by atoms with van der Waals surface area (Å²) in [6, 6.07) is 8.70. The van der Waals surface area contributed by atoms with Gasteiger partial charge >= 0.3 is 30.6 Å². The van der Waals surface area contributed by atoms with Gasteiger partial charge in [0.25, 0.3) is 0 Å². The molecule has 0 unspecified atom stereocenters. The molecule has 0 atom stereocenters. The molecule has 0 spiro atoms. The van der Waals surface area contributed by atoms with Crippen LogP contribution in [-0.2, 0) is 41.1 Å². The number of amides is 1. The van der Waals surface area contributed by atoms with E-state index in [4.69, 9.17) is 16.3 Å². The van der Waals surface area contributed by atoms with Gasteiger partial charge in [-0.1, -0.05) is 23.7 Å². The van der Waals surface area contributed by atoms with E-state index in [0.717, 1.165) is 33.5 Å². The number of carbonyl (C=O) groups is 2. The van der Waals surface area contributed by atoms with Gasteiger partial charge in [0.05, 0.1) is 43.6 Å². The van der Waals surface area contributed by atoms with Crippen LogP contribution in [0.2, 0.25) is 5.02 Å². The van der Waals surface area contributed by atoms with E-state index >= 15 is 4.39 Å². The van der Waals surface area contributed by atoms with Gasteiger partial charge in [-0.05, 0) is 65.2 Å². The highest BCUT2D eigenvalue weighted by atomic mass is 35.5. The van der Waals surface area contributed by atoms with Gasteiger partial charge in [-0.15, -0.1) is 0 Å². The first kappa shape index (κ1) is 38.8. The van der Waals surface area contributed by atoms with Crippen LogP contribution >= 0.6 is 11.6 Å². The van der Waals surface area contributed by atoms with Crippen LogP contribution in [0.1, 0.15) is 38.2 Å². The third-order valence-corrected chi connectivity index (χ3v) is 7.82. The summed E-state index contributed by atoms with van der Waals surface area (Å²) in [6.07, 6.45) is -16.7. The number of benzene rings is 4. The number of hydrogen-bond donors (Lipinski definition) is 0. The summed E-state index contributed by atoms with van der Waals surface area (Å²) in [5.41, 5.74) is -5.87. The zero-order valence-electron chi connectivity index (χ0n) is 26.4. The molecule has 51 heavy (non-hydrogen) atoms. The molecule has 0 bridgehead atoms. The van der Waals surface area contributed by atoms with Crippen LogP contribution in [-0.4, -0.2) is 38.3 Å². The van der Waals surface area contributed by atoms with E-state index in [1.165, 1.54) is 24.3 Å². The van der Waals surface area contributed by atoms with Gasteiger partial charge in [0.2, 0.25) is 0 Å². The van der Waals surface area contributed by atoms with Gasteiger partial charge in [-0.2, -0.15) is 39.5 Å². The van der Waals surface area contributed by atoms with Crippen molar-refractivity contribution in [2.45, 2.75) is 31.6 Å². The fourth-order valence-corrected chi connectivity index (χ4v) is 5.42. The summed E-state index contributed by atoms with van der Waals surface area (Å²) >= 11 is 6.36. The Labute approximate surface area is 288 Å². The van der Waals surface area contributed by atoms with Gasteiger partial charge in [-0.25, -0.2) is 14.0 Å². The van der Waals surface area contributed by atoms with E-state index in [0.29, 0.717) is 29.2 Å². The molecule has 6 nitrogen and oxygen atoms in total. The van der Waals surface area contributed by atoms with Gasteiger partial charge in [0.15, 0.2) is 0 Å². The minimum Gasteiger partial charge on any atom is -0.496 e. The zero-order valence-corrected chi connectivity index (χ0v) is 27.2. The molecule has 0 aliphatic rings. The van der Waals surface area contributed by atoms with E-state index in [2.05, 4.69) is 9.47 Å². The largest absolute Gasteiger partial charge is 0.496 e. The highest BCUT2D eigenvalue weighted by molar-refractivity contribution is 6.33. The van der Waals surface area contributed by atoms with Gasteiger partial charge in [0, 0.05) is 40.9 Å². The Kier molecular flexibility index (Phi) is 11.2. The molecule has 0 aromatic heterocycles. The topological polar surface area (TPSA) is 65.1 Å². The highest BCUT2D eigenvalue weighted by Crippen LogP contribution is 2.42. The van der Waals surface area contributed by atoms with Crippen LogP contribution in [0.3, 0.4) is 0 Å². The van der Waals surface area contributed by atoms with E-state index in [9.17, 15) is 49.1 Å². The SMILES string of the molecule is COC(=O)c1ccc(-c2cc(-c3ccc(C(F)(F)F)cc3CN(Cc3cc(C(F)(F)F)cc(C(F)(F)F)c3)C(=O)OC)c(OC)cc2F)c(Cl)c1. The Balaban J connectivity index is 1.91. The summed E-state index contributed by atoms with van der Waals surface area (Å²) in [6.45, 7) is -1.82. The fourth-order valence-electron chi connectivity index (χ4n) is 5.13. The van der Waals surface area contributed by atoms with Crippen LogP contribution in [0.15, 0.2) is 66.7 Å². The number of ether oxygens (including phenoxy) is 3. The molecule has 0 aliphatic heterocycles. The van der Waals surface area contributed by atoms with E-state index in [-0.39, 0.29) is 50.2 Å². The summed E-state index contributed by atoms with van der Waals surface area (Å²) < 4.78 is 153. The zero-order chi connectivity index (χ0) is 38.1. The van der Waals surface area contributed by atoms with Crippen molar-refractivity contribution in [3.63, 3.8) is 0 Å². The lowest BCUT2D eigenvalue weighted by molar-refractivity contribution is -0.143. The molecule has 272 valence electrons. The molecule has 17 heteroatoms. The van der Waals surface area contributed by atoms with Crippen molar-refractivity contribution in [1.29, 1.82) is 0 Å². The molecule has 0 fully saturated rings. The van der Waals surface area contributed by atoms with E-state index in [1.807, 2.05) is 0 Å². The maximum absolute atomic E-state index is 15.5. The normalized spacial score (nSPS) is 12.0. The average molecular weight is 752 g/mol. The number of methoxy groups -OCH3 is 3. The number of halogens is 11. The Morgan fingerprint density at radius 2 is 1.24 bits per heavy atom. The highest BCUT2D eigenvalue weighted by Gasteiger charge is 2.37. The third kappa shape index (κ3) is 8.85. The monoisotopic (exact) mass is 751 g/mol. The van der Waals surface area contributed by atoms with E-state index < -0.39 is 71.8 Å². The number of carbonyl (C=O) groups excluding carboxylic acids is 2. The van der Waals surface area contributed by atoms with Crippen LogP contribution in [0.4, 0.5) is 48.7 Å². The number of nitrogens with zero attached hydrogens (tertiary/aromatic N) is 1. The molecular weight excluding hydrogens is 728 g/mol. The molecule has 0 N–H and O–H groups in total. The predicted octanol–water partition coefficient (Wildman–Crippen LogP) is 10.4. The molecule has 4 rings (SSSR count). The second kappa shape index (κ2) is 14.7. The Bertz CT molecular complexity index is 1930.